The van der Waals surface area contributed by atoms with Crippen LogP contribution in [0.2, 0.25) is 0 Å². The third kappa shape index (κ3) is 7.66. The summed E-state index contributed by atoms with van der Waals surface area (Å²) in [6.07, 6.45) is 3.86. The van der Waals surface area contributed by atoms with Crippen molar-refractivity contribution < 1.29 is 0 Å². The molecule has 7 heteroatoms. The largest absolute Gasteiger partial charge is 0.357 e. The van der Waals surface area contributed by atoms with Crippen molar-refractivity contribution in [2.75, 3.05) is 19.3 Å². The van der Waals surface area contributed by atoms with Crippen LogP contribution in [0.1, 0.15) is 26.5 Å². The third-order valence-electron chi connectivity index (χ3n) is 2.54. The number of guanidine groups is 1. The molecule has 1 aromatic heterocycles. The highest BCUT2D eigenvalue weighted by atomic mass is 127. The molecule has 1 rings (SSSR count). The van der Waals surface area contributed by atoms with E-state index >= 15 is 0 Å². The van der Waals surface area contributed by atoms with Crippen LogP contribution in [0.15, 0.2) is 17.3 Å². The lowest BCUT2D eigenvalue weighted by Gasteiger charge is -2.23. The van der Waals surface area contributed by atoms with E-state index < -0.39 is 0 Å². The second kappa shape index (κ2) is 9.46. The van der Waals surface area contributed by atoms with Crippen LogP contribution in [0, 0.1) is 0 Å². The summed E-state index contributed by atoms with van der Waals surface area (Å²) < 4.78 is 0.199. The lowest BCUT2D eigenvalue weighted by Crippen LogP contribution is -2.43. The zero-order chi connectivity index (χ0) is 13.4. The molecule has 5 nitrogen and oxygen atoms in total. The first kappa shape index (κ1) is 18.6. The van der Waals surface area contributed by atoms with Gasteiger partial charge < -0.3 is 10.6 Å². The molecular formula is C12H24IN5S. The normalized spacial score (nSPS) is 11.9. The van der Waals surface area contributed by atoms with Crippen molar-refractivity contribution in [2.24, 2.45) is 4.99 Å². The molecule has 3 N–H and O–H groups in total. The van der Waals surface area contributed by atoms with E-state index in [1.807, 2.05) is 17.8 Å². The maximum atomic E-state index is 4.51. The van der Waals surface area contributed by atoms with Gasteiger partial charge in [0.25, 0.3) is 0 Å². The fourth-order valence-corrected chi connectivity index (χ4v) is 1.46. The first-order chi connectivity index (χ1) is 8.57. The molecule has 0 aliphatic carbocycles. The smallest absolute Gasteiger partial charge is 0.191 e. The van der Waals surface area contributed by atoms with Crippen molar-refractivity contribution in [2.45, 2.75) is 32.1 Å². The molecule has 19 heavy (non-hydrogen) atoms. The molecule has 0 radical (unpaired) electrons. The van der Waals surface area contributed by atoms with Crippen molar-refractivity contribution >= 4 is 41.7 Å². The summed E-state index contributed by atoms with van der Waals surface area (Å²) in [5.41, 5.74) is 1.01. The molecule has 0 aromatic carbocycles. The number of rotatable bonds is 6. The van der Waals surface area contributed by atoms with E-state index in [-0.39, 0.29) is 28.7 Å². The molecule has 0 bridgehead atoms. The topological polar surface area (TPSA) is 65.1 Å². The molecule has 1 aromatic rings. The van der Waals surface area contributed by atoms with Gasteiger partial charge in [-0.3, -0.25) is 5.10 Å². The lowest BCUT2D eigenvalue weighted by atomic mass is 10.2. The number of aromatic nitrogens is 2. The first-order valence-electron chi connectivity index (χ1n) is 6.13. The number of hydrogen-bond acceptors (Lipinski definition) is 3. The number of halogens is 1. The summed E-state index contributed by atoms with van der Waals surface area (Å²) in [7, 11) is 0. The van der Waals surface area contributed by atoms with Crippen LogP contribution in [0.5, 0.6) is 0 Å². The standard InChI is InChI=1S/C12H23N5S.HI/c1-5-13-11(15-9-12(2,3)18-4)14-8-10-6-7-16-17-10;/h6-7H,5,8-9H2,1-4H3,(H,16,17)(H2,13,14,15);1H. The highest BCUT2D eigenvalue weighted by molar-refractivity contribution is 14.0. The van der Waals surface area contributed by atoms with Gasteiger partial charge in [0, 0.05) is 24.0 Å². The van der Waals surface area contributed by atoms with Crippen LogP contribution in [0.25, 0.3) is 0 Å². The molecule has 0 unspecified atom stereocenters. The van der Waals surface area contributed by atoms with E-state index in [1.165, 1.54) is 0 Å². The molecule has 0 saturated heterocycles. The predicted molar refractivity (Wildman–Crippen MR) is 94.4 cm³/mol. The number of thioether (sulfide) groups is 1. The van der Waals surface area contributed by atoms with Crippen molar-refractivity contribution in [3.05, 3.63) is 18.0 Å². The monoisotopic (exact) mass is 397 g/mol. The Hall–Kier alpha value is -0.440. The van der Waals surface area contributed by atoms with Gasteiger partial charge in [0.2, 0.25) is 0 Å². The Balaban J connectivity index is 0.00000324. The number of H-pyrrole nitrogens is 1. The van der Waals surface area contributed by atoms with Crippen LogP contribution in [-0.4, -0.2) is 40.2 Å². The van der Waals surface area contributed by atoms with E-state index in [0.29, 0.717) is 6.54 Å². The maximum Gasteiger partial charge on any atom is 0.191 e. The van der Waals surface area contributed by atoms with E-state index in [9.17, 15) is 0 Å². The summed E-state index contributed by atoms with van der Waals surface area (Å²) in [5.74, 6) is 0.842. The molecule has 110 valence electrons. The summed E-state index contributed by atoms with van der Waals surface area (Å²) in [5, 5.41) is 13.4. The summed E-state index contributed by atoms with van der Waals surface area (Å²) >= 11 is 1.84. The molecule has 0 aliphatic rings. The van der Waals surface area contributed by atoms with Crippen molar-refractivity contribution in [3.8, 4) is 0 Å². The Morgan fingerprint density at radius 1 is 1.47 bits per heavy atom. The Morgan fingerprint density at radius 2 is 2.21 bits per heavy atom. The SMILES string of the molecule is CCNC(=NCc1ccn[nH]1)NCC(C)(C)SC.I. The van der Waals surface area contributed by atoms with Gasteiger partial charge in [-0.25, -0.2) is 4.99 Å². The Bertz CT molecular complexity index is 364. The second-order valence-corrected chi connectivity index (χ2v) is 6.11. The predicted octanol–water partition coefficient (Wildman–Crippen LogP) is 2.22. The molecule has 0 saturated carbocycles. The van der Waals surface area contributed by atoms with Crippen LogP contribution >= 0.6 is 35.7 Å². The van der Waals surface area contributed by atoms with Crippen molar-refractivity contribution in [3.63, 3.8) is 0 Å². The molecule has 1 heterocycles. The molecule has 0 amide bonds. The first-order valence-corrected chi connectivity index (χ1v) is 7.35. The number of aliphatic imine (C=N–C) groups is 1. The van der Waals surface area contributed by atoms with Gasteiger partial charge in [-0.1, -0.05) is 0 Å². The zero-order valence-electron chi connectivity index (χ0n) is 12.0. The third-order valence-corrected chi connectivity index (χ3v) is 3.79. The fraction of sp³-hybridized carbons (Fsp3) is 0.667. The number of nitrogens with one attached hydrogen (secondary N) is 3. The molecule has 0 aliphatic heterocycles. The van der Waals surface area contributed by atoms with Crippen LogP contribution in [-0.2, 0) is 6.54 Å². The second-order valence-electron chi connectivity index (χ2n) is 4.59. The molecular weight excluding hydrogens is 373 g/mol. The minimum atomic E-state index is 0. The lowest BCUT2D eigenvalue weighted by molar-refractivity contribution is 0.664. The summed E-state index contributed by atoms with van der Waals surface area (Å²) in [4.78, 5) is 4.51. The Morgan fingerprint density at radius 3 is 2.74 bits per heavy atom. The molecule has 0 atom stereocenters. The van der Waals surface area contributed by atoms with Crippen LogP contribution in [0.3, 0.4) is 0 Å². The quantitative estimate of drug-likeness (QED) is 0.391. The number of nitrogens with zero attached hydrogens (tertiary/aromatic N) is 2. The average molecular weight is 397 g/mol. The summed E-state index contributed by atoms with van der Waals surface area (Å²) in [6, 6.07) is 1.93. The number of aromatic amines is 1. The van der Waals surface area contributed by atoms with Gasteiger partial charge in [0.15, 0.2) is 5.96 Å². The van der Waals surface area contributed by atoms with Gasteiger partial charge in [0.05, 0.1) is 12.2 Å². The van der Waals surface area contributed by atoms with E-state index in [2.05, 4.69) is 52.9 Å². The van der Waals surface area contributed by atoms with Crippen LogP contribution < -0.4 is 10.6 Å². The average Bonchev–Trinajstić information content (AvgIpc) is 2.86. The van der Waals surface area contributed by atoms with Gasteiger partial charge in [-0.05, 0) is 33.1 Å². The maximum absolute atomic E-state index is 4.51. The van der Waals surface area contributed by atoms with E-state index in [4.69, 9.17) is 0 Å². The highest BCUT2D eigenvalue weighted by Crippen LogP contribution is 2.19. The zero-order valence-corrected chi connectivity index (χ0v) is 15.1. The van der Waals surface area contributed by atoms with Gasteiger partial charge in [-0.15, -0.1) is 24.0 Å². The van der Waals surface area contributed by atoms with Crippen LogP contribution in [0.4, 0.5) is 0 Å². The fourth-order valence-electron chi connectivity index (χ4n) is 1.25. The highest BCUT2D eigenvalue weighted by Gasteiger charge is 2.15. The van der Waals surface area contributed by atoms with Gasteiger partial charge >= 0.3 is 0 Å². The Labute approximate surface area is 136 Å². The van der Waals surface area contributed by atoms with Crippen molar-refractivity contribution in [1.29, 1.82) is 0 Å². The van der Waals surface area contributed by atoms with E-state index in [0.717, 1.165) is 24.7 Å². The molecule has 0 fully saturated rings. The molecule has 0 spiro atoms. The summed E-state index contributed by atoms with van der Waals surface area (Å²) in [6.45, 7) is 8.83. The number of hydrogen-bond donors (Lipinski definition) is 3. The minimum absolute atomic E-state index is 0. The minimum Gasteiger partial charge on any atom is -0.357 e. The van der Waals surface area contributed by atoms with Crippen molar-refractivity contribution in [1.82, 2.24) is 20.8 Å². The van der Waals surface area contributed by atoms with Gasteiger partial charge in [-0.2, -0.15) is 16.9 Å². The van der Waals surface area contributed by atoms with Gasteiger partial charge in [0.1, 0.15) is 0 Å². The Kier molecular flexibility index (Phi) is 9.24. The van der Waals surface area contributed by atoms with E-state index in [1.54, 1.807) is 6.20 Å².